The molecule has 76 valence electrons. The van der Waals surface area contributed by atoms with E-state index in [1.54, 1.807) is 0 Å². The van der Waals surface area contributed by atoms with Gasteiger partial charge in [-0.15, -0.1) is 4.91 Å². The lowest BCUT2D eigenvalue weighted by Gasteiger charge is -2.38. The number of carbonyl (C=O) groups excluding carboxylic acids is 1. The first-order chi connectivity index (χ1) is 5.79. The van der Waals surface area contributed by atoms with E-state index in [0.717, 1.165) is 6.42 Å². The molecule has 0 heterocycles. The van der Waals surface area contributed by atoms with Crippen molar-refractivity contribution in [3.8, 4) is 0 Å². The summed E-state index contributed by atoms with van der Waals surface area (Å²) in [6, 6.07) is 0. The van der Waals surface area contributed by atoms with Crippen LogP contribution in [0.5, 0.6) is 0 Å². The fourth-order valence-corrected chi connectivity index (χ4v) is 1.40. The van der Waals surface area contributed by atoms with E-state index in [0.29, 0.717) is 6.42 Å². The van der Waals surface area contributed by atoms with Crippen LogP contribution in [-0.2, 0) is 4.79 Å². The fraction of sp³-hybridized carbons (Fsp3) is 0.900. The van der Waals surface area contributed by atoms with E-state index in [4.69, 9.17) is 0 Å². The van der Waals surface area contributed by atoms with Gasteiger partial charge in [0.1, 0.15) is 0 Å². The van der Waals surface area contributed by atoms with Crippen LogP contribution in [0.2, 0.25) is 0 Å². The largest absolute Gasteiger partial charge is 0.292 e. The van der Waals surface area contributed by atoms with E-state index in [-0.39, 0.29) is 5.41 Å². The van der Waals surface area contributed by atoms with Crippen molar-refractivity contribution in [1.82, 2.24) is 0 Å². The lowest BCUT2D eigenvalue weighted by atomic mass is 9.65. The molecule has 1 unspecified atom stereocenters. The van der Waals surface area contributed by atoms with Crippen molar-refractivity contribution in [2.45, 2.75) is 47.5 Å². The third-order valence-electron chi connectivity index (χ3n) is 2.96. The molecule has 1 amide bonds. The van der Waals surface area contributed by atoms with Crippen molar-refractivity contribution in [2.75, 3.05) is 0 Å². The van der Waals surface area contributed by atoms with Crippen molar-refractivity contribution in [2.24, 2.45) is 16.0 Å². The van der Waals surface area contributed by atoms with Crippen LogP contribution in [0, 0.1) is 15.7 Å². The molecule has 0 aliphatic carbocycles. The predicted octanol–water partition coefficient (Wildman–Crippen LogP) is 3.13. The third-order valence-corrected chi connectivity index (χ3v) is 2.96. The van der Waals surface area contributed by atoms with Crippen molar-refractivity contribution >= 4 is 5.91 Å². The molecule has 13 heavy (non-hydrogen) atoms. The lowest BCUT2D eigenvalue weighted by molar-refractivity contribution is -0.133. The molecule has 0 aliphatic rings. The Hall–Kier alpha value is -0.730. The monoisotopic (exact) mass is 185 g/mol. The topological polar surface area (TPSA) is 46.5 Å². The Labute approximate surface area is 79.9 Å². The van der Waals surface area contributed by atoms with Crippen molar-refractivity contribution < 1.29 is 4.79 Å². The van der Waals surface area contributed by atoms with Gasteiger partial charge in [-0.3, -0.25) is 4.79 Å². The van der Waals surface area contributed by atoms with Crippen LogP contribution in [0.1, 0.15) is 47.5 Å². The summed E-state index contributed by atoms with van der Waals surface area (Å²) in [6.45, 7) is 9.71. The highest BCUT2D eigenvalue weighted by Gasteiger charge is 2.44. The number of rotatable bonds is 3. The molecule has 0 spiro atoms. The van der Waals surface area contributed by atoms with E-state index < -0.39 is 11.3 Å². The first-order valence-electron chi connectivity index (χ1n) is 4.67. The van der Waals surface area contributed by atoms with Crippen molar-refractivity contribution in [3.05, 3.63) is 4.91 Å². The Morgan fingerprint density at radius 3 is 1.92 bits per heavy atom. The SMILES string of the molecule is CCCC(C)(C(=O)N=O)C(C)(C)C. The number of nitrogens with zero attached hydrogens (tertiary/aromatic N) is 1. The van der Waals surface area contributed by atoms with E-state index in [2.05, 4.69) is 5.18 Å². The first-order valence-corrected chi connectivity index (χ1v) is 4.67. The molecule has 0 fully saturated rings. The molecule has 0 aliphatic heterocycles. The molecule has 1 atom stereocenters. The maximum absolute atomic E-state index is 11.4. The van der Waals surface area contributed by atoms with Gasteiger partial charge in [0.15, 0.2) is 0 Å². The summed E-state index contributed by atoms with van der Waals surface area (Å²) in [5.74, 6) is -0.526. The molecule has 0 aromatic heterocycles. The van der Waals surface area contributed by atoms with Gasteiger partial charge in [0.25, 0.3) is 5.91 Å². The summed E-state index contributed by atoms with van der Waals surface area (Å²) in [4.78, 5) is 21.7. The average Bonchev–Trinajstić information content (AvgIpc) is 2.01. The Balaban J connectivity index is 4.94. The Bertz CT molecular complexity index is 205. The first kappa shape index (κ1) is 12.3. The van der Waals surface area contributed by atoms with E-state index >= 15 is 0 Å². The molecule has 0 bridgehead atoms. The van der Waals surface area contributed by atoms with Crippen LogP contribution >= 0.6 is 0 Å². The van der Waals surface area contributed by atoms with Gasteiger partial charge in [0, 0.05) is 5.18 Å². The molecule has 0 rings (SSSR count). The molecule has 0 radical (unpaired) electrons. The second-order valence-corrected chi connectivity index (χ2v) is 4.73. The zero-order valence-electron chi connectivity index (χ0n) is 9.18. The molecular formula is C10H19NO2. The maximum atomic E-state index is 11.4. The molecule has 3 heteroatoms. The summed E-state index contributed by atoms with van der Waals surface area (Å²) < 4.78 is 0. The summed E-state index contributed by atoms with van der Waals surface area (Å²) in [5.41, 5.74) is -0.836. The highest BCUT2D eigenvalue weighted by molar-refractivity contribution is 5.83. The minimum atomic E-state index is -0.622. The van der Waals surface area contributed by atoms with Gasteiger partial charge in [0.05, 0.1) is 5.41 Å². The second kappa shape index (κ2) is 3.99. The van der Waals surface area contributed by atoms with Gasteiger partial charge in [-0.25, -0.2) is 0 Å². The van der Waals surface area contributed by atoms with Gasteiger partial charge in [-0.2, -0.15) is 0 Å². The minimum absolute atomic E-state index is 0.214. The maximum Gasteiger partial charge on any atom is 0.292 e. The zero-order valence-corrected chi connectivity index (χ0v) is 9.18. The smallest absolute Gasteiger partial charge is 0.268 e. The van der Waals surface area contributed by atoms with Crippen LogP contribution in [0.25, 0.3) is 0 Å². The van der Waals surface area contributed by atoms with E-state index in [9.17, 15) is 9.70 Å². The molecule has 0 N–H and O–H groups in total. The van der Waals surface area contributed by atoms with Gasteiger partial charge in [0.2, 0.25) is 0 Å². The van der Waals surface area contributed by atoms with Gasteiger partial charge in [-0.1, -0.05) is 41.0 Å². The molecule has 0 aromatic carbocycles. The standard InChI is InChI=1S/C10H19NO2/c1-6-7-10(5,8(12)11-13)9(2,3)4/h6-7H2,1-5H3. The molecule has 0 saturated carbocycles. The second-order valence-electron chi connectivity index (χ2n) is 4.73. The third kappa shape index (κ3) is 2.36. The van der Waals surface area contributed by atoms with E-state index in [1.807, 2.05) is 34.6 Å². The molecule has 0 saturated heterocycles. The number of nitroso groups, excluding NO2 is 1. The average molecular weight is 185 g/mol. The van der Waals surface area contributed by atoms with E-state index in [1.165, 1.54) is 0 Å². The highest BCUT2D eigenvalue weighted by atomic mass is 16.3. The van der Waals surface area contributed by atoms with Crippen LogP contribution in [0.15, 0.2) is 5.18 Å². The zero-order chi connectivity index (χ0) is 10.7. The summed E-state index contributed by atoms with van der Waals surface area (Å²) in [7, 11) is 0. The minimum Gasteiger partial charge on any atom is -0.268 e. The summed E-state index contributed by atoms with van der Waals surface area (Å²) in [6.07, 6.45) is 1.59. The Morgan fingerprint density at radius 1 is 1.23 bits per heavy atom. The van der Waals surface area contributed by atoms with Crippen LogP contribution in [-0.4, -0.2) is 5.91 Å². The van der Waals surface area contributed by atoms with Crippen LogP contribution in [0.4, 0.5) is 0 Å². The van der Waals surface area contributed by atoms with Gasteiger partial charge >= 0.3 is 0 Å². The van der Waals surface area contributed by atoms with Crippen LogP contribution < -0.4 is 0 Å². The molecular weight excluding hydrogens is 166 g/mol. The number of hydrogen-bond donors (Lipinski definition) is 0. The van der Waals surface area contributed by atoms with Crippen molar-refractivity contribution in [1.29, 1.82) is 0 Å². The summed E-state index contributed by atoms with van der Waals surface area (Å²) in [5, 5.41) is 2.56. The normalized spacial score (nSPS) is 16.4. The number of carbonyl (C=O) groups is 1. The fourth-order valence-electron chi connectivity index (χ4n) is 1.40. The van der Waals surface area contributed by atoms with Gasteiger partial charge in [-0.05, 0) is 11.8 Å². The molecule has 0 aromatic rings. The Kier molecular flexibility index (Phi) is 3.76. The van der Waals surface area contributed by atoms with Crippen molar-refractivity contribution in [3.63, 3.8) is 0 Å². The Morgan fingerprint density at radius 2 is 1.69 bits per heavy atom. The number of hydrogen-bond acceptors (Lipinski definition) is 2. The van der Waals surface area contributed by atoms with Gasteiger partial charge < -0.3 is 0 Å². The summed E-state index contributed by atoms with van der Waals surface area (Å²) >= 11 is 0. The predicted molar refractivity (Wildman–Crippen MR) is 53.3 cm³/mol. The van der Waals surface area contributed by atoms with Crippen LogP contribution in [0.3, 0.4) is 0 Å². The highest BCUT2D eigenvalue weighted by Crippen LogP contribution is 2.43. The molecule has 3 nitrogen and oxygen atoms in total. The quantitative estimate of drug-likeness (QED) is 0.634. The lowest BCUT2D eigenvalue weighted by Crippen LogP contribution is -2.39. The number of amides is 1.